The molecule has 11 heteroatoms. The summed E-state index contributed by atoms with van der Waals surface area (Å²) in [6, 6.07) is 8.42. The third-order valence-electron chi connectivity index (χ3n) is 4.34. The molecule has 0 saturated carbocycles. The van der Waals surface area contributed by atoms with Crippen molar-refractivity contribution in [3.8, 4) is 11.6 Å². The average Bonchev–Trinajstić information content (AvgIpc) is 2.73. The topological polar surface area (TPSA) is 77.0 Å². The van der Waals surface area contributed by atoms with Crippen molar-refractivity contribution >= 4 is 34.0 Å². The highest BCUT2D eigenvalue weighted by atomic mass is 35.5. The van der Waals surface area contributed by atoms with Gasteiger partial charge in [0.2, 0.25) is 5.88 Å². The quantitative estimate of drug-likeness (QED) is 0.303. The van der Waals surface area contributed by atoms with Gasteiger partial charge in [0.1, 0.15) is 23.0 Å². The third-order valence-corrected chi connectivity index (χ3v) is 4.54. The van der Waals surface area contributed by atoms with Crippen LogP contribution in [0.2, 0.25) is 5.15 Å². The van der Waals surface area contributed by atoms with Gasteiger partial charge < -0.3 is 10.1 Å². The molecule has 0 aliphatic heterocycles. The Kier molecular flexibility index (Phi) is 5.62. The number of pyridine rings is 1. The fourth-order valence-electron chi connectivity index (χ4n) is 2.91. The number of ether oxygens (including phenoxy) is 1. The van der Waals surface area contributed by atoms with Crippen LogP contribution in [0.5, 0.6) is 11.6 Å². The first kappa shape index (κ1) is 21.4. The number of fused-ring (bicyclic) bond motifs is 1. The Morgan fingerprint density at radius 3 is 2.59 bits per heavy atom. The van der Waals surface area contributed by atoms with Crippen molar-refractivity contribution in [3.63, 3.8) is 0 Å². The van der Waals surface area contributed by atoms with Crippen molar-refractivity contribution in [2.75, 3.05) is 5.32 Å². The molecule has 2 aromatic carbocycles. The van der Waals surface area contributed by atoms with Crippen LogP contribution < -0.4 is 10.1 Å². The first-order chi connectivity index (χ1) is 15.2. The Balaban J connectivity index is 1.61. The minimum absolute atomic E-state index is 0.108. The largest absolute Gasteiger partial charge is 0.439 e. The Morgan fingerprint density at radius 1 is 1.03 bits per heavy atom. The lowest BCUT2D eigenvalue weighted by Crippen LogP contribution is -2.15. The highest BCUT2D eigenvalue weighted by Gasteiger charge is 2.34. The maximum absolute atomic E-state index is 13.5. The van der Waals surface area contributed by atoms with Crippen LogP contribution in [0.3, 0.4) is 0 Å². The van der Waals surface area contributed by atoms with Crippen LogP contribution in [0.25, 0.3) is 10.8 Å². The molecule has 0 bridgehead atoms. The molecule has 0 spiro atoms. The zero-order valence-corrected chi connectivity index (χ0v) is 16.6. The van der Waals surface area contributed by atoms with Crippen LogP contribution in [-0.4, -0.2) is 20.9 Å². The van der Waals surface area contributed by atoms with Crippen molar-refractivity contribution in [3.05, 3.63) is 83.3 Å². The van der Waals surface area contributed by atoms with E-state index in [1.165, 1.54) is 24.8 Å². The summed E-state index contributed by atoms with van der Waals surface area (Å²) in [6.45, 7) is 0. The monoisotopic (exact) mass is 462 g/mol. The molecule has 6 nitrogen and oxygen atoms in total. The zero-order valence-electron chi connectivity index (χ0n) is 15.8. The van der Waals surface area contributed by atoms with E-state index in [0.29, 0.717) is 28.7 Å². The molecule has 0 aliphatic carbocycles. The molecule has 0 unspecified atom stereocenters. The number of carbonyl (C=O) groups is 1. The van der Waals surface area contributed by atoms with E-state index in [4.69, 9.17) is 16.3 Å². The van der Waals surface area contributed by atoms with Gasteiger partial charge in [-0.25, -0.2) is 14.4 Å². The summed E-state index contributed by atoms with van der Waals surface area (Å²) >= 11 is 5.80. The highest BCUT2D eigenvalue weighted by molar-refractivity contribution is 6.29. The summed E-state index contributed by atoms with van der Waals surface area (Å²) in [5, 5.41) is 3.55. The molecular formula is C21H11ClF4N4O2. The van der Waals surface area contributed by atoms with E-state index in [9.17, 15) is 22.4 Å². The van der Waals surface area contributed by atoms with Crippen LogP contribution in [0.15, 0.2) is 61.2 Å². The molecule has 2 heterocycles. The highest BCUT2D eigenvalue weighted by Crippen LogP contribution is 2.33. The number of nitrogens with zero attached hydrogens (tertiary/aromatic N) is 3. The second-order valence-electron chi connectivity index (χ2n) is 6.50. The smallest absolute Gasteiger partial charge is 0.419 e. The predicted octanol–water partition coefficient (Wildman–Crippen LogP) is 5.88. The van der Waals surface area contributed by atoms with Gasteiger partial charge in [-0.2, -0.15) is 13.2 Å². The van der Waals surface area contributed by atoms with Crippen molar-refractivity contribution in [2.24, 2.45) is 0 Å². The molecule has 0 atom stereocenters. The lowest BCUT2D eigenvalue weighted by Gasteiger charge is -2.12. The van der Waals surface area contributed by atoms with Crippen molar-refractivity contribution in [1.29, 1.82) is 0 Å². The molecule has 1 amide bonds. The fourth-order valence-corrected chi connectivity index (χ4v) is 3.05. The summed E-state index contributed by atoms with van der Waals surface area (Å²) in [7, 11) is 0. The summed E-state index contributed by atoms with van der Waals surface area (Å²) in [6.07, 6.45) is -0.888. The number of alkyl halides is 3. The van der Waals surface area contributed by atoms with Gasteiger partial charge in [0.15, 0.2) is 0 Å². The summed E-state index contributed by atoms with van der Waals surface area (Å²) < 4.78 is 57.9. The summed E-state index contributed by atoms with van der Waals surface area (Å²) in [4.78, 5) is 24.4. The summed E-state index contributed by atoms with van der Waals surface area (Å²) in [5.41, 5.74) is -1.57. The molecule has 0 radical (unpaired) electrons. The average molecular weight is 463 g/mol. The Bertz CT molecular complexity index is 1330. The van der Waals surface area contributed by atoms with Gasteiger partial charge >= 0.3 is 6.18 Å². The van der Waals surface area contributed by atoms with E-state index in [2.05, 4.69) is 20.3 Å². The van der Waals surface area contributed by atoms with E-state index in [-0.39, 0.29) is 22.3 Å². The van der Waals surface area contributed by atoms with E-state index >= 15 is 0 Å². The second kappa shape index (κ2) is 8.39. The lowest BCUT2D eigenvalue weighted by atomic mass is 10.1. The van der Waals surface area contributed by atoms with Gasteiger partial charge in [0, 0.05) is 29.5 Å². The predicted molar refractivity (Wildman–Crippen MR) is 108 cm³/mol. The van der Waals surface area contributed by atoms with Gasteiger partial charge in [-0.05, 0) is 41.8 Å². The van der Waals surface area contributed by atoms with Gasteiger partial charge in [0.25, 0.3) is 5.91 Å². The molecule has 0 saturated heterocycles. The number of anilines is 1. The van der Waals surface area contributed by atoms with Crippen LogP contribution in [-0.2, 0) is 6.18 Å². The zero-order chi connectivity index (χ0) is 22.9. The number of carbonyl (C=O) groups excluding carboxylic acids is 1. The Labute approximate surface area is 182 Å². The fraction of sp³-hybridized carbons (Fsp3) is 0.0476. The maximum atomic E-state index is 13.5. The Morgan fingerprint density at radius 2 is 1.84 bits per heavy atom. The van der Waals surface area contributed by atoms with Crippen LogP contribution in [0, 0.1) is 5.82 Å². The standard InChI is InChI=1S/C21H11ClF4N4O2/c22-18-7-19(29-10-28-18)32-13-2-3-14-11(5-13)8-27-9-15(14)20(31)30-12-1-4-17(23)16(6-12)21(24,25)26/h1-10H,(H,30,31). The number of rotatable bonds is 4. The van der Waals surface area contributed by atoms with Crippen molar-refractivity contribution in [1.82, 2.24) is 15.0 Å². The van der Waals surface area contributed by atoms with Crippen LogP contribution in [0.4, 0.5) is 23.2 Å². The molecule has 1 N–H and O–H groups in total. The van der Waals surface area contributed by atoms with E-state index in [1.807, 2.05) is 0 Å². The minimum Gasteiger partial charge on any atom is -0.439 e. The van der Waals surface area contributed by atoms with Gasteiger partial charge in [0.05, 0.1) is 11.1 Å². The first-order valence-electron chi connectivity index (χ1n) is 8.92. The molecule has 2 aromatic heterocycles. The van der Waals surface area contributed by atoms with Gasteiger partial charge in [-0.3, -0.25) is 9.78 Å². The first-order valence-corrected chi connectivity index (χ1v) is 9.30. The number of hydrogen-bond donors (Lipinski definition) is 1. The molecule has 4 rings (SSSR count). The van der Waals surface area contributed by atoms with E-state index in [1.54, 1.807) is 18.2 Å². The molecular weight excluding hydrogens is 452 g/mol. The molecule has 162 valence electrons. The lowest BCUT2D eigenvalue weighted by molar-refractivity contribution is -0.139. The number of hydrogen-bond acceptors (Lipinski definition) is 5. The minimum atomic E-state index is -4.89. The molecule has 0 aliphatic rings. The van der Waals surface area contributed by atoms with E-state index in [0.717, 1.165) is 6.07 Å². The van der Waals surface area contributed by atoms with Crippen LogP contribution in [0.1, 0.15) is 15.9 Å². The molecule has 4 aromatic rings. The van der Waals surface area contributed by atoms with Crippen LogP contribution >= 0.6 is 11.6 Å². The SMILES string of the molecule is O=C(Nc1ccc(F)c(C(F)(F)F)c1)c1cncc2cc(Oc3cc(Cl)ncn3)ccc12. The Hall–Kier alpha value is -3.79. The number of amides is 1. The number of aromatic nitrogens is 3. The summed E-state index contributed by atoms with van der Waals surface area (Å²) in [5.74, 6) is -1.54. The van der Waals surface area contributed by atoms with Crippen molar-refractivity contribution in [2.45, 2.75) is 6.18 Å². The van der Waals surface area contributed by atoms with Crippen molar-refractivity contribution < 1.29 is 27.1 Å². The maximum Gasteiger partial charge on any atom is 0.419 e. The molecule has 0 fully saturated rings. The number of benzene rings is 2. The normalized spacial score (nSPS) is 11.4. The molecule has 32 heavy (non-hydrogen) atoms. The number of halogens is 5. The van der Waals surface area contributed by atoms with E-state index < -0.39 is 23.5 Å². The number of nitrogens with one attached hydrogen (secondary N) is 1. The van der Waals surface area contributed by atoms with Gasteiger partial charge in [-0.1, -0.05) is 11.6 Å². The third kappa shape index (κ3) is 4.59. The van der Waals surface area contributed by atoms with Gasteiger partial charge in [-0.15, -0.1) is 0 Å². The second-order valence-corrected chi connectivity index (χ2v) is 6.88.